The zero-order valence-electron chi connectivity index (χ0n) is 26.7. The van der Waals surface area contributed by atoms with Crippen molar-refractivity contribution in [3.8, 4) is 22.8 Å². The van der Waals surface area contributed by atoms with Crippen LogP contribution in [-0.4, -0.2) is 0 Å². The van der Waals surface area contributed by atoms with Gasteiger partial charge in [0, 0.05) is 17.0 Å². The van der Waals surface area contributed by atoms with Crippen LogP contribution < -0.4 is 9.30 Å². The lowest BCUT2D eigenvalue weighted by Crippen LogP contribution is -2.32. The van der Waals surface area contributed by atoms with E-state index in [1.807, 2.05) is 0 Å². The molecule has 4 aromatic carbocycles. The number of hydrogen-bond donors (Lipinski definition) is 0. The Hall–Kier alpha value is -3.39. The topological polar surface area (TPSA) is 13.1 Å². The van der Waals surface area contributed by atoms with E-state index in [0.29, 0.717) is 5.92 Å². The third kappa shape index (κ3) is 4.68. The predicted molar refractivity (Wildman–Crippen MR) is 178 cm³/mol. The number of nitrogens with zero attached hydrogens (tertiary/aromatic N) is 1. The lowest BCUT2D eigenvalue weighted by atomic mass is 9.81. The quantitative estimate of drug-likeness (QED) is 0.152. The molecule has 2 nitrogen and oxygen atoms in total. The van der Waals surface area contributed by atoms with E-state index < -0.39 is 0 Å². The molecule has 7 rings (SSSR count). The zero-order valence-corrected chi connectivity index (χ0v) is 26.7. The van der Waals surface area contributed by atoms with Gasteiger partial charge in [-0.1, -0.05) is 96.7 Å². The van der Waals surface area contributed by atoms with Gasteiger partial charge < -0.3 is 4.74 Å². The summed E-state index contributed by atoms with van der Waals surface area (Å²) in [5.74, 6) is 3.53. The maximum atomic E-state index is 7.13. The van der Waals surface area contributed by atoms with E-state index in [-0.39, 0.29) is 5.41 Å². The van der Waals surface area contributed by atoms with Gasteiger partial charge in [-0.25, -0.2) is 4.57 Å². The molecule has 2 heteroatoms. The maximum Gasteiger partial charge on any atom is 0.228 e. The van der Waals surface area contributed by atoms with Crippen LogP contribution in [0.25, 0.3) is 43.6 Å². The number of aromatic nitrogens is 1. The lowest BCUT2D eigenvalue weighted by molar-refractivity contribution is -0.659. The van der Waals surface area contributed by atoms with Gasteiger partial charge >= 0.3 is 0 Å². The fourth-order valence-electron chi connectivity index (χ4n) is 7.92. The van der Waals surface area contributed by atoms with Crippen molar-refractivity contribution in [2.75, 3.05) is 0 Å². The van der Waals surface area contributed by atoms with Gasteiger partial charge in [0.1, 0.15) is 18.5 Å². The maximum absolute atomic E-state index is 7.13. The average Bonchev–Trinajstić information content (AvgIpc) is 3.44. The molecule has 0 unspecified atom stereocenters. The first kappa shape index (κ1) is 27.4. The van der Waals surface area contributed by atoms with Crippen LogP contribution in [0, 0.1) is 24.2 Å². The molecule has 1 saturated carbocycles. The molecule has 1 fully saturated rings. The number of pyridine rings is 1. The molecule has 1 aliphatic carbocycles. The Kier molecular flexibility index (Phi) is 6.61. The van der Waals surface area contributed by atoms with Gasteiger partial charge in [0.2, 0.25) is 5.69 Å². The first-order valence-electron chi connectivity index (χ1n) is 16.2. The van der Waals surface area contributed by atoms with Crippen LogP contribution in [0.1, 0.15) is 82.6 Å². The lowest BCUT2D eigenvalue weighted by Gasteiger charge is -2.28. The molecule has 1 aliphatic heterocycles. The molecule has 0 atom stereocenters. The minimum Gasteiger partial charge on any atom is -0.455 e. The van der Waals surface area contributed by atoms with Crippen molar-refractivity contribution in [2.24, 2.45) is 24.3 Å². The van der Waals surface area contributed by atoms with Crippen molar-refractivity contribution in [1.29, 1.82) is 0 Å². The number of aryl methyl sites for hydroxylation is 2. The molecule has 0 N–H and O–H groups in total. The molecule has 0 saturated heterocycles. The van der Waals surface area contributed by atoms with Crippen LogP contribution in [0.15, 0.2) is 54.7 Å². The average molecular weight is 557 g/mol. The van der Waals surface area contributed by atoms with Crippen molar-refractivity contribution in [1.82, 2.24) is 0 Å². The highest BCUT2D eigenvalue weighted by Gasteiger charge is 2.34. The molecule has 0 radical (unpaired) electrons. The highest BCUT2D eigenvalue weighted by Crippen LogP contribution is 2.53. The number of rotatable bonds is 5. The summed E-state index contributed by atoms with van der Waals surface area (Å²) in [5.41, 5.74) is 8.22. The number of fused-ring (bicyclic) bond motifs is 5. The second-order valence-electron chi connectivity index (χ2n) is 15.0. The summed E-state index contributed by atoms with van der Waals surface area (Å²) in [6.07, 6.45) is 11.1. The molecule has 2 aliphatic rings. The third-order valence-corrected chi connectivity index (χ3v) is 9.75. The fourth-order valence-corrected chi connectivity index (χ4v) is 7.92. The molecule has 1 aromatic heterocycles. The van der Waals surface area contributed by atoms with E-state index in [1.54, 1.807) is 0 Å². The Balaban J connectivity index is 1.50. The van der Waals surface area contributed by atoms with Crippen LogP contribution in [0.2, 0.25) is 0 Å². The Morgan fingerprint density at radius 2 is 1.62 bits per heavy atom. The predicted octanol–water partition coefficient (Wildman–Crippen LogP) is 10.6. The number of benzene rings is 4. The van der Waals surface area contributed by atoms with E-state index >= 15 is 0 Å². The minimum absolute atomic E-state index is 0.128. The van der Waals surface area contributed by atoms with Crippen LogP contribution in [0.3, 0.4) is 0 Å². The first-order valence-corrected chi connectivity index (χ1v) is 16.2. The Morgan fingerprint density at radius 3 is 2.36 bits per heavy atom. The second kappa shape index (κ2) is 10.1. The van der Waals surface area contributed by atoms with E-state index in [0.717, 1.165) is 30.3 Å². The zero-order chi connectivity index (χ0) is 29.3. The summed E-state index contributed by atoms with van der Waals surface area (Å²) in [4.78, 5) is 0. The molecule has 5 aromatic rings. The van der Waals surface area contributed by atoms with E-state index in [4.69, 9.17) is 4.74 Å². The standard InChI is InChI=1S/C40H46NO/c1-24(2)18-27-13-15-31-33(21-27)25(3)36-38-37-32(16-17-41(38)7)30-14-12-28(19-26-10-8-9-11-26)20-29(30)22-35(37)42-39(36)34(31)23-40(4,5)6/h12-17,20-22,24,26H,8-11,18-19,23H2,1-7H3/q+1. The van der Waals surface area contributed by atoms with Gasteiger partial charge in [-0.2, -0.15) is 0 Å². The summed E-state index contributed by atoms with van der Waals surface area (Å²) < 4.78 is 9.46. The monoisotopic (exact) mass is 556 g/mol. The van der Waals surface area contributed by atoms with Gasteiger partial charge in [-0.15, -0.1) is 0 Å². The van der Waals surface area contributed by atoms with Crippen LogP contribution in [-0.2, 0) is 26.3 Å². The fraction of sp³-hybridized carbons (Fsp3) is 0.425. The van der Waals surface area contributed by atoms with Gasteiger partial charge in [0.15, 0.2) is 6.20 Å². The van der Waals surface area contributed by atoms with Gasteiger partial charge in [-0.3, -0.25) is 0 Å². The highest BCUT2D eigenvalue weighted by molar-refractivity contribution is 6.16. The van der Waals surface area contributed by atoms with Gasteiger partial charge in [0.25, 0.3) is 0 Å². The summed E-state index contributed by atoms with van der Waals surface area (Å²) in [6.45, 7) is 14.0. The van der Waals surface area contributed by atoms with Crippen LogP contribution in [0.5, 0.6) is 11.5 Å². The molecular weight excluding hydrogens is 510 g/mol. The molecule has 0 bridgehead atoms. The molecule has 216 valence electrons. The van der Waals surface area contributed by atoms with E-state index in [1.165, 1.54) is 97.9 Å². The molecule has 2 heterocycles. The SMILES string of the molecule is Cc1c2c(c(CC(C)(C)C)c3ccc(CC(C)C)cc13)Oc1cc3cc(CC4CCCC4)ccc3c3cc[n+](C)c-2c13. The van der Waals surface area contributed by atoms with Crippen molar-refractivity contribution in [3.63, 3.8) is 0 Å². The largest absolute Gasteiger partial charge is 0.455 e. The van der Waals surface area contributed by atoms with Gasteiger partial charge in [0.05, 0.1) is 10.9 Å². The van der Waals surface area contributed by atoms with Gasteiger partial charge in [-0.05, 0) is 87.7 Å². The normalized spacial score (nSPS) is 15.2. The highest BCUT2D eigenvalue weighted by atomic mass is 16.5. The minimum atomic E-state index is 0.128. The molecule has 0 amide bonds. The van der Waals surface area contributed by atoms with Crippen molar-refractivity contribution in [3.05, 3.63) is 77.0 Å². The summed E-state index contributed by atoms with van der Waals surface area (Å²) in [7, 11) is 2.20. The first-order chi connectivity index (χ1) is 20.1. The van der Waals surface area contributed by atoms with Crippen molar-refractivity contribution < 1.29 is 9.30 Å². The van der Waals surface area contributed by atoms with Crippen molar-refractivity contribution >= 4 is 32.3 Å². The summed E-state index contributed by atoms with van der Waals surface area (Å²) >= 11 is 0. The van der Waals surface area contributed by atoms with E-state index in [9.17, 15) is 0 Å². The molecular formula is C40H46NO+. The van der Waals surface area contributed by atoms with Crippen LogP contribution in [0.4, 0.5) is 0 Å². The van der Waals surface area contributed by atoms with Crippen molar-refractivity contribution in [2.45, 2.75) is 86.5 Å². The Morgan fingerprint density at radius 1 is 0.881 bits per heavy atom. The Labute approximate surface area is 251 Å². The van der Waals surface area contributed by atoms with E-state index in [2.05, 4.69) is 108 Å². The smallest absolute Gasteiger partial charge is 0.228 e. The summed E-state index contributed by atoms with van der Waals surface area (Å²) in [5, 5.41) is 7.86. The molecule has 0 spiro atoms. The molecule has 42 heavy (non-hydrogen) atoms. The second-order valence-corrected chi connectivity index (χ2v) is 15.0. The summed E-state index contributed by atoms with van der Waals surface area (Å²) in [6, 6.07) is 19.0. The third-order valence-electron chi connectivity index (χ3n) is 9.75. The Bertz CT molecular complexity index is 1860. The number of ether oxygens (including phenoxy) is 1. The van der Waals surface area contributed by atoms with Crippen LogP contribution >= 0.6 is 0 Å². The number of hydrogen-bond acceptors (Lipinski definition) is 1.